The first-order valence-electron chi connectivity index (χ1n) is 7.41. The Kier molecular flexibility index (Phi) is 4.09. The highest BCUT2D eigenvalue weighted by molar-refractivity contribution is 9.10. The summed E-state index contributed by atoms with van der Waals surface area (Å²) in [4.78, 5) is 0. The number of hydrogen-bond donors (Lipinski definition) is 2. The first-order valence-corrected chi connectivity index (χ1v) is 8.20. The van der Waals surface area contributed by atoms with Gasteiger partial charge in [0.2, 0.25) is 0 Å². The third-order valence-corrected chi connectivity index (χ3v) is 4.84. The van der Waals surface area contributed by atoms with Gasteiger partial charge < -0.3 is 15.5 Å². The van der Waals surface area contributed by atoms with E-state index in [1.807, 2.05) is 6.07 Å². The zero-order chi connectivity index (χ0) is 15.0. The number of hydrogen-bond acceptors (Lipinski definition) is 3. The third-order valence-electron chi connectivity index (χ3n) is 4.15. The summed E-state index contributed by atoms with van der Waals surface area (Å²) >= 11 is 3.57. The van der Waals surface area contributed by atoms with Gasteiger partial charge >= 0.3 is 0 Å². The molecule has 0 bridgehead atoms. The highest BCUT2D eigenvalue weighted by Gasteiger charge is 2.36. The summed E-state index contributed by atoms with van der Waals surface area (Å²) in [5.74, 6) is 3.36. The number of rotatable bonds is 5. The number of nitrogens with one attached hydrogen (secondary N) is 1. The van der Waals surface area contributed by atoms with E-state index in [0.29, 0.717) is 12.5 Å². The molecule has 1 aliphatic carbocycles. The van der Waals surface area contributed by atoms with Crippen LogP contribution in [0.15, 0.2) is 39.2 Å². The number of benzene rings is 1. The van der Waals surface area contributed by atoms with Crippen LogP contribution < -0.4 is 11.1 Å². The van der Waals surface area contributed by atoms with E-state index in [9.17, 15) is 0 Å². The summed E-state index contributed by atoms with van der Waals surface area (Å²) in [5, 5.41) is 3.47. The fourth-order valence-corrected chi connectivity index (χ4v) is 3.02. The molecule has 112 valence electrons. The summed E-state index contributed by atoms with van der Waals surface area (Å²) in [6, 6.07) is 10.4. The van der Waals surface area contributed by atoms with E-state index in [0.717, 1.165) is 27.6 Å². The zero-order valence-electron chi connectivity index (χ0n) is 12.4. The molecule has 1 fully saturated rings. The first-order chi connectivity index (χ1) is 10.1. The van der Waals surface area contributed by atoms with Crippen LogP contribution in [0, 0.1) is 12.8 Å². The fourth-order valence-electron chi connectivity index (χ4n) is 2.66. The number of aryl methyl sites for hydroxylation is 1. The van der Waals surface area contributed by atoms with Crippen molar-refractivity contribution in [1.82, 2.24) is 0 Å². The van der Waals surface area contributed by atoms with Gasteiger partial charge in [0, 0.05) is 22.6 Å². The van der Waals surface area contributed by atoms with Crippen LogP contribution in [0.1, 0.15) is 42.4 Å². The molecule has 0 saturated heterocycles. The fraction of sp³-hybridized carbons (Fsp3) is 0.412. The number of furan rings is 1. The summed E-state index contributed by atoms with van der Waals surface area (Å²) in [5.41, 5.74) is 8.19. The molecule has 0 aliphatic heterocycles. The summed E-state index contributed by atoms with van der Waals surface area (Å²) < 4.78 is 7.05. The Morgan fingerprint density at radius 2 is 2.14 bits per heavy atom. The van der Waals surface area contributed by atoms with Crippen LogP contribution in [-0.4, -0.2) is 6.54 Å². The van der Waals surface area contributed by atoms with Gasteiger partial charge in [-0.2, -0.15) is 0 Å². The Hall–Kier alpha value is -1.26. The lowest BCUT2D eigenvalue weighted by molar-refractivity contribution is 0.441. The van der Waals surface area contributed by atoms with E-state index in [2.05, 4.69) is 59.4 Å². The minimum Gasteiger partial charge on any atom is -0.464 e. The van der Waals surface area contributed by atoms with Crippen molar-refractivity contribution in [3.8, 4) is 0 Å². The third kappa shape index (κ3) is 3.16. The standard InChI is InChI=1S/C17H21BrN2O/c1-10-3-4-13(18)14(7-10)20-15(9-19)17-6-5-16(21-17)12-8-11(12)2/h3-7,11-12,15,20H,8-9,19H2,1-2H3. The molecule has 0 radical (unpaired) electrons. The molecule has 4 heteroatoms. The van der Waals surface area contributed by atoms with Gasteiger partial charge in [0.05, 0.1) is 6.04 Å². The van der Waals surface area contributed by atoms with Gasteiger partial charge in [-0.15, -0.1) is 0 Å². The molecular formula is C17H21BrN2O. The van der Waals surface area contributed by atoms with Gasteiger partial charge in [0.25, 0.3) is 0 Å². The molecule has 2 aromatic rings. The predicted molar refractivity (Wildman–Crippen MR) is 89.5 cm³/mol. The quantitative estimate of drug-likeness (QED) is 0.830. The lowest BCUT2D eigenvalue weighted by Gasteiger charge is -2.17. The molecule has 3 nitrogen and oxygen atoms in total. The van der Waals surface area contributed by atoms with Crippen molar-refractivity contribution in [2.24, 2.45) is 11.7 Å². The van der Waals surface area contributed by atoms with Crippen molar-refractivity contribution < 1.29 is 4.42 Å². The van der Waals surface area contributed by atoms with Crippen molar-refractivity contribution in [3.63, 3.8) is 0 Å². The topological polar surface area (TPSA) is 51.2 Å². The molecular weight excluding hydrogens is 328 g/mol. The van der Waals surface area contributed by atoms with Crippen LogP contribution in [0.3, 0.4) is 0 Å². The molecule has 0 amide bonds. The Labute approximate surface area is 134 Å². The van der Waals surface area contributed by atoms with E-state index >= 15 is 0 Å². The molecule has 1 aromatic heterocycles. The Morgan fingerprint density at radius 3 is 2.81 bits per heavy atom. The molecule has 1 heterocycles. The zero-order valence-corrected chi connectivity index (χ0v) is 14.0. The summed E-state index contributed by atoms with van der Waals surface area (Å²) in [6.07, 6.45) is 1.23. The van der Waals surface area contributed by atoms with E-state index in [1.165, 1.54) is 12.0 Å². The van der Waals surface area contributed by atoms with Crippen LogP contribution in [0.4, 0.5) is 5.69 Å². The summed E-state index contributed by atoms with van der Waals surface area (Å²) in [6.45, 7) is 4.83. The molecule has 0 spiro atoms. The number of halogens is 1. The monoisotopic (exact) mass is 348 g/mol. The Morgan fingerprint density at radius 1 is 1.38 bits per heavy atom. The van der Waals surface area contributed by atoms with Gasteiger partial charge in [0.15, 0.2) is 0 Å². The van der Waals surface area contributed by atoms with Gasteiger partial charge in [-0.25, -0.2) is 0 Å². The molecule has 1 aromatic carbocycles. The largest absolute Gasteiger partial charge is 0.464 e. The van der Waals surface area contributed by atoms with Gasteiger partial charge in [0.1, 0.15) is 11.5 Å². The Bertz CT molecular complexity index is 637. The van der Waals surface area contributed by atoms with E-state index in [4.69, 9.17) is 10.2 Å². The second-order valence-electron chi connectivity index (χ2n) is 5.98. The molecule has 3 atom stereocenters. The lowest BCUT2D eigenvalue weighted by Crippen LogP contribution is -2.20. The first kappa shape index (κ1) is 14.7. The maximum Gasteiger partial charge on any atom is 0.127 e. The normalized spacial score (nSPS) is 22.1. The minimum atomic E-state index is -0.00842. The number of anilines is 1. The van der Waals surface area contributed by atoms with Gasteiger partial charge in [-0.3, -0.25) is 0 Å². The van der Waals surface area contributed by atoms with Crippen molar-refractivity contribution >= 4 is 21.6 Å². The van der Waals surface area contributed by atoms with Crippen molar-refractivity contribution in [2.75, 3.05) is 11.9 Å². The van der Waals surface area contributed by atoms with Crippen LogP contribution >= 0.6 is 15.9 Å². The van der Waals surface area contributed by atoms with Crippen molar-refractivity contribution in [3.05, 3.63) is 51.9 Å². The van der Waals surface area contributed by atoms with E-state index < -0.39 is 0 Å². The SMILES string of the molecule is Cc1ccc(Br)c(NC(CN)c2ccc(C3CC3C)o2)c1. The summed E-state index contributed by atoms with van der Waals surface area (Å²) in [7, 11) is 0. The second kappa shape index (κ2) is 5.85. The molecule has 1 saturated carbocycles. The minimum absolute atomic E-state index is 0.00842. The molecule has 3 N–H and O–H groups in total. The van der Waals surface area contributed by atoms with Crippen molar-refractivity contribution in [1.29, 1.82) is 0 Å². The molecule has 3 rings (SSSR count). The van der Waals surface area contributed by atoms with Crippen molar-refractivity contribution in [2.45, 2.75) is 32.2 Å². The van der Waals surface area contributed by atoms with Crippen LogP contribution in [-0.2, 0) is 0 Å². The van der Waals surface area contributed by atoms with E-state index in [1.54, 1.807) is 0 Å². The van der Waals surface area contributed by atoms with Gasteiger partial charge in [-0.1, -0.05) is 13.0 Å². The molecule has 1 aliphatic rings. The maximum atomic E-state index is 6.02. The predicted octanol–water partition coefficient (Wildman–Crippen LogP) is 4.59. The second-order valence-corrected chi connectivity index (χ2v) is 6.83. The maximum absolute atomic E-state index is 6.02. The highest BCUT2D eigenvalue weighted by atomic mass is 79.9. The van der Waals surface area contributed by atoms with Crippen LogP contribution in [0.25, 0.3) is 0 Å². The smallest absolute Gasteiger partial charge is 0.127 e. The molecule has 21 heavy (non-hydrogen) atoms. The number of nitrogens with two attached hydrogens (primary N) is 1. The average molecular weight is 349 g/mol. The van der Waals surface area contributed by atoms with Gasteiger partial charge in [-0.05, 0) is 65.0 Å². The average Bonchev–Trinajstić information content (AvgIpc) is 3.01. The van der Waals surface area contributed by atoms with Crippen LogP contribution in [0.5, 0.6) is 0 Å². The molecule has 3 unspecified atom stereocenters. The highest BCUT2D eigenvalue weighted by Crippen LogP contribution is 2.47. The Balaban J connectivity index is 1.78. The van der Waals surface area contributed by atoms with Crippen LogP contribution in [0.2, 0.25) is 0 Å². The van der Waals surface area contributed by atoms with E-state index in [-0.39, 0.29) is 6.04 Å². The lowest BCUT2D eigenvalue weighted by atomic mass is 10.1.